The number of ether oxygens (including phenoxy) is 2. The van der Waals surface area contributed by atoms with Gasteiger partial charge in [-0.25, -0.2) is 13.9 Å². The van der Waals surface area contributed by atoms with Crippen LogP contribution in [0.1, 0.15) is 107 Å². The molecule has 2 aromatic carbocycles. The Balaban J connectivity index is 0.00000176. The zero-order chi connectivity index (χ0) is 42.4. The number of carbonyl (C=O) groups is 2. The van der Waals surface area contributed by atoms with Gasteiger partial charge in [0.2, 0.25) is 5.95 Å². The largest absolute Gasteiger partial charge is 0.484 e. The van der Waals surface area contributed by atoms with Crippen molar-refractivity contribution >= 4 is 29.9 Å². The highest BCUT2D eigenvalue weighted by atomic mass is 19.1. The number of amides is 2. The van der Waals surface area contributed by atoms with Gasteiger partial charge in [0.1, 0.15) is 23.5 Å². The molecule has 8 rings (SSSR count). The Morgan fingerprint density at radius 2 is 1.73 bits per heavy atom. The lowest BCUT2D eigenvalue weighted by Crippen LogP contribution is -2.38. The number of piperidine rings is 2. The molecule has 60 heavy (non-hydrogen) atoms. The predicted molar refractivity (Wildman–Crippen MR) is 229 cm³/mol. The SMILES string of the molecule is COC1CCN(CCc2cc(-n3nc(C(C)(C)C)cc3NC(=O)N[C@H]3CC[C@@H](Oc4ccc5nnc(N6CCCC[C@@H]6C)n5c4)c4ccccc43)ccc2F)CC1.O=CO. The molecule has 5 aromatic rings. The second-order valence-corrected chi connectivity index (χ2v) is 17.1. The Morgan fingerprint density at radius 3 is 2.47 bits per heavy atom. The maximum Gasteiger partial charge on any atom is 0.320 e. The van der Waals surface area contributed by atoms with Crippen LogP contribution in [0.15, 0.2) is 66.9 Å². The number of hydrogen-bond donors (Lipinski definition) is 3. The van der Waals surface area contributed by atoms with Crippen molar-refractivity contribution in [2.45, 2.75) is 109 Å². The quantitative estimate of drug-likeness (QED) is 0.119. The zero-order valence-corrected chi connectivity index (χ0v) is 35.3. The van der Waals surface area contributed by atoms with Gasteiger partial charge in [0.05, 0.1) is 29.7 Å². The van der Waals surface area contributed by atoms with Gasteiger partial charge in [-0.2, -0.15) is 5.10 Å². The molecule has 3 aromatic heterocycles. The molecule has 15 heteroatoms. The van der Waals surface area contributed by atoms with Gasteiger partial charge in [0, 0.05) is 50.8 Å². The molecule has 0 radical (unpaired) electrons. The highest BCUT2D eigenvalue weighted by Gasteiger charge is 2.31. The Bertz CT molecular complexity index is 2250. The van der Waals surface area contributed by atoms with Crippen LogP contribution in [-0.4, -0.2) is 92.3 Å². The minimum absolute atomic E-state index is 0.186. The van der Waals surface area contributed by atoms with E-state index in [0.717, 1.165) is 86.0 Å². The van der Waals surface area contributed by atoms with Crippen LogP contribution in [0.5, 0.6) is 5.75 Å². The summed E-state index contributed by atoms with van der Waals surface area (Å²) in [6.45, 7) is 11.9. The number of nitrogens with one attached hydrogen (secondary N) is 2. The Labute approximate surface area is 351 Å². The number of anilines is 2. The van der Waals surface area contributed by atoms with Crippen molar-refractivity contribution in [1.29, 1.82) is 0 Å². The van der Waals surface area contributed by atoms with E-state index in [-0.39, 0.29) is 35.9 Å². The minimum Gasteiger partial charge on any atom is -0.484 e. The molecule has 320 valence electrons. The molecule has 2 saturated heterocycles. The summed E-state index contributed by atoms with van der Waals surface area (Å²) in [6.07, 6.45) is 9.59. The summed E-state index contributed by atoms with van der Waals surface area (Å²) < 4.78 is 31.1. The molecule has 0 spiro atoms. The van der Waals surface area contributed by atoms with E-state index in [1.165, 1.54) is 12.5 Å². The number of fused-ring (bicyclic) bond motifs is 2. The molecule has 1 aliphatic carbocycles. The first-order valence-corrected chi connectivity index (χ1v) is 21.1. The molecule has 3 aliphatic rings. The zero-order valence-electron chi connectivity index (χ0n) is 35.3. The fraction of sp³-hybridized carbons (Fsp3) is 0.489. The number of pyridine rings is 1. The number of rotatable bonds is 10. The van der Waals surface area contributed by atoms with Crippen molar-refractivity contribution in [3.8, 4) is 11.4 Å². The van der Waals surface area contributed by atoms with Gasteiger partial charge in [-0.15, -0.1) is 10.2 Å². The number of urea groups is 1. The lowest BCUT2D eigenvalue weighted by Gasteiger charge is -2.33. The van der Waals surface area contributed by atoms with Crippen molar-refractivity contribution in [3.05, 3.63) is 95.1 Å². The Morgan fingerprint density at radius 1 is 0.967 bits per heavy atom. The molecule has 0 unspecified atom stereocenters. The van der Waals surface area contributed by atoms with Crippen molar-refractivity contribution in [1.82, 2.24) is 34.6 Å². The van der Waals surface area contributed by atoms with Gasteiger partial charge < -0.3 is 29.7 Å². The fourth-order valence-electron chi connectivity index (χ4n) is 8.58. The number of benzene rings is 2. The smallest absolute Gasteiger partial charge is 0.320 e. The van der Waals surface area contributed by atoms with Gasteiger partial charge >= 0.3 is 6.03 Å². The molecular formula is C45H58FN9O5. The van der Waals surface area contributed by atoms with Crippen LogP contribution >= 0.6 is 0 Å². The Hall–Kier alpha value is -5.54. The topological polar surface area (TPSA) is 151 Å². The maximum atomic E-state index is 15.2. The third-order valence-corrected chi connectivity index (χ3v) is 12.0. The monoisotopic (exact) mass is 823 g/mol. The van der Waals surface area contributed by atoms with Crippen LogP contribution in [0.2, 0.25) is 0 Å². The maximum absolute atomic E-state index is 15.2. The van der Waals surface area contributed by atoms with E-state index in [9.17, 15) is 4.79 Å². The van der Waals surface area contributed by atoms with Crippen LogP contribution in [-0.2, 0) is 21.4 Å². The molecule has 3 atom stereocenters. The summed E-state index contributed by atoms with van der Waals surface area (Å²) in [5.41, 5.74) is 4.72. The molecule has 0 saturated carbocycles. The van der Waals surface area contributed by atoms with Crippen molar-refractivity contribution in [2.75, 3.05) is 43.5 Å². The average molecular weight is 824 g/mol. The number of nitrogens with zero attached hydrogens (tertiary/aromatic N) is 7. The summed E-state index contributed by atoms with van der Waals surface area (Å²) in [5, 5.41) is 27.1. The molecule has 2 aliphatic heterocycles. The second kappa shape index (κ2) is 18.8. The first-order valence-electron chi connectivity index (χ1n) is 21.1. The van der Waals surface area contributed by atoms with E-state index < -0.39 is 0 Å². The van der Waals surface area contributed by atoms with Crippen LogP contribution in [0.25, 0.3) is 11.3 Å². The van der Waals surface area contributed by atoms with Crippen molar-refractivity contribution < 1.29 is 28.6 Å². The highest BCUT2D eigenvalue weighted by Crippen LogP contribution is 2.39. The van der Waals surface area contributed by atoms with Crippen LogP contribution in [0, 0.1) is 5.82 Å². The van der Waals surface area contributed by atoms with E-state index in [4.69, 9.17) is 24.5 Å². The van der Waals surface area contributed by atoms with E-state index in [0.29, 0.717) is 48.5 Å². The third-order valence-electron chi connectivity index (χ3n) is 12.0. The molecule has 2 fully saturated rings. The normalized spacial score (nSPS) is 19.9. The molecular weight excluding hydrogens is 766 g/mol. The second-order valence-electron chi connectivity index (χ2n) is 17.1. The van der Waals surface area contributed by atoms with Crippen LogP contribution < -0.4 is 20.3 Å². The lowest BCUT2D eigenvalue weighted by molar-refractivity contribution is -0.122. The predicted octanol–water partition coefficient (Wildman–Crippen LogP) is 7.86. The summed E-state index contributed by atoms with van der Waals surface area (Å²) in [7, 11) is 1.77. The van der Waals surface area contributed by atoms with Crippen molar-refractivity contribution in [2.24, 2.45) is 0 Å². The molecule has 14 nitrogen and oxygen atoms in total. The fourth-order valence-corrected chi connectivity index (χ4v) is 8.58. The number of aromatic nitrogens is 5. The minimum atomic E-state index is -0.338. The number of methoxy groups -OCH3 is 1. The van der Waals surface area contributed by atoms with Gasteiger partial charge in [0.15, 0.2) is 5.65 Å². The van der Waals surface area contributed by atoms with E-state index >= 15 is 4.39 Å². The number of carbonyl (C=O) groups excluding carboxylic acids is 1. The summed E-state index contributed by atoms with van der Waals surface area (Å²) in [5.74, 6) is 1.88. The molecule has 5 heterocycles. The molecule has 2 amide bonds. The van der Waals surface area contributed by atoms with Gasteiger partial charge in [-0.3, -0.25) is 14.5 Å². The molecule has 0 bridgehead atoms. The average Bonchev–Trinajstić information content (AvgIpc) is 3.87. The number of halogens is 1. The van der Waals surface area contributed by atoms with Crippen molar-refractivity contribution in [3.63, 3.8) is 0 Å². The van der Waals surface area contributed by atoms with E-state index in [1.807, 2.05) is 47.0 Å². The van der Waals surface area contributed by atoms with Crippen LogP contribution in [0.3, 0.4) is 0 Å². The number of hydrogen-bond acceptors (Lipinski definition) is 9. The number of likely N-dealkylation sites (tertiary alicyclic amines) is 1. The highest BCUT2D eigenvalue weighted by molar-refractivity contribution is 5.89. The van der Waals surface area contributed by atoms with Gasteiger partial charge in [-0.1, -0.05) is 45.0 Å². The lowest BCUT2D eigenvalue weighted by atomic mass is 9.85. The Kier molecular flexibility index (Phi) is 13.3. The van der Waals surface area contributed by atoms with E-state index in [2.05, 4.69) is 70.5 Å². The summed E-state index contributed by atoms with van der Waals surface area (Å²) in [4.78, 5) is 26.9. The van der Waals surface area contributed by atoms with Gasteiger partial charge in [-0.05, 0) is 105 Å². The summed E-state index contributed by atoms with van der Waals surface area (Å²) in [6, 6.07) is 18.9. The van der Waals surface area contributed by atoms with Crippen LogP contribution in [0.4, 0.5) is 21.0 Å². The number of carboxylic acid groups (broad SMARTS) is 1. The van der Waals surface area contributed by atoms with Gasteiger partial charge in [0.25, 0.3) is 6.47 Å². The standard InChI is InChI=1S/C44H56FN9O3.CH2O2/c1-29-10-8-9-22-52(29)43-49-48-40-18-14-33(28-53(40)43)57-38-17-16-37(34-11-6-7-12-35(34)38)46-42(55)47-41-27-39(44(2,3)4)50-54(41)31-13-15-36(45)30(26-31)19-23-51-24-20-32(56-5)21-25-51;2-1-3/h6-7,11-15,18,26-29,32,37-38H,8-10,16-17,19-25H2,1-5H3,(H2,46,47,55);1H,(H,2,3)/t29-,37-,38+;/m0./s1. The first-order chi connectivity index (χ1) is 28.9. The third kappa shape index (κ3) is 9.73. The van der Waals surface area contributed by atoms with E-state index in [1.54, 1.807) is 17.9 Å². The molecule has 3 N–H and O–H groups in total. The summed E-state index contributed by atoms with van der Waals surface area (Å²) >= 11 is 0. The first kappa shape index (κ1) is 42.6.